The summed E-state index contributed by atoms with van der Waals surface area (Å²) in [6, 6.07) is 0.536. The van der Waals surface area contributed by atoms with Crippen molar-refractivity contribution in [3.8, 4) is 0 Å². The predicted molar refractivity (Wildman–Crippen MR) is 87.9 cm³/mol. The maximum atomic E-state index is 6.24. The van der Waals surface area contributed by atoms with Crippen LogP contribution in [0.3, 0.4) is 0 Å². The number of thiazole rings is 1. The van der Waals surface area contributed by atoms with Crippen LogP contribution < -0.4 is 5.32 Å². The Bertz CT molecular complexity index is 448. The molecule has 1 spiro atoms. The fourth-order valence-electron chi connectivity index (χ4n) is 4.19. The second-order valence-corrected chi connectivity index (χ2v) is 7.86. The van der Waals surface area contributed by atoms with E-state index in [0.717, 1.165) is 18.9 Å². The Labute approximate surface area is 132 Å². The highest BCUT2D eigenvalue weighted by molar-refractivity contribution is 7.09. The van der Waals surface area contributed by atoms with E-state index in [1.807, 2.05) is 0 Å². The third-order valence-corrected chi connectivity index (χ3v) is 6.15. The molecule has 1 aliphatic carbocycles. The number of ether oxygens (including phenoxy) is 1. The summed E-state index contributed by atoms with van der Waals surface area (Å²) >= 11 is 1.76. The van der Waals surface area contributed by atoms with Gasteiger partial charge in [-0.05, 0) is 45.6 Å². The van der Waals surface area contributed by atoms with Crippen molar-refractivity contribution in [2.75, 3.05) is 13.7 Å². The van der Waals surface area contributed by atoms with E-state index in [9.17, 15) is 0 Å². The molecule has 0 amide bonds. The number of aromatic nitrogens is 1. The summed E-state index contributed by atoms with van der Waals surface area (Å²) in [5.74, 6) is 0.726. The summed E-state index contributed by atoms with van der Waals surface area (Å²) in [4.78, 5) is 4.64. The van der Waals surface area contributed by atoms with E-state index >= 15 is 0 Å². The molecule has 1 aliphatic heterocycles. The molecule has 1 aromatic heterocycles. The van der Waals surface area contributed by atoms with Gasteiger partial charge in [0, 0.05) is 24.4 Å². The Hall–Kier alpha value is -0.450. The van der Waals surface area contributed by atoms with E-state index < -0.39 is 0 Å². The van der Waals surface area contributed by atoms with E-state index in [-0.39, 0.29) is 5.60 Å². The molecular weight excluding hydrogens is 280 g/mol. The van der Waals surface area contributed by atoms with Crippen molar-refractivity contribution < 1.29 is 4.74 Å². The van der Waals surface area contributed by atoms with Crippen LogP contribution in [0, 0.1) is 12.8 Å². The zero-order valence-electron chi connectivity index (χ0n) is 13.4. The lowest BCUT2D eigenvalue weighted by molar-refractivity contribution is -0.121. The van der Waals surface area contributed by atoms with Gasteiger partial charge in [0.25, 0.3) is 0 Å². The first-order valence-electron chi connectivity index (χ1n) is 8.43. The fourth-order valence-corrected chi connectivity index (χ4v) is 4.81. The van der Waals surface area contributed by atoms with Crippen molar-refractivity contribution in [2.24, 2.45) is 5.92 Å². The van der Waals surface area contributed by atoms with Crippen molar-refractivity contribution in [3.05, 3.63) is 16.1 Å². The molecule has 1 saturated carbocycles. The van der Waals surface area contributed by atoms with E-state index in [4.69, 9.17) is 4.74 Å². The Morgan fingerprint density at radius 2 is 2.24 bits per heavy atom. The quantitative estimate of drug-likeness (QED) is 0.920. The van der Waals surface area contributed by atoms with Crippen molar-refractivity contribution in [3.63, 3.8) is 0 Å². The van der Waals surface area contributed by atoms with Gasteiger partial charge in [-0.3, -0.25) is 0 Å². The average Bonchev–Trinajstić information content (AvgIpc) is 2.91. The SMILES string of the molecule is CNC(Cc1csc(C)n1)C1CCOC2(CCCCC2)C1. The van der Waals surface area contributed by atoms with Gasteiger partial charge in [0.2, 0.25) is 0 Å². The predicted octanol–water partition coefficient (Wildman–Crippen LogP) is 3.71. The average molecular weight is 308 g/mol. The van der Waals surface area contributed by atoms with Crippen LogP contribution in [0.4, 0.5) is 0 Å². The largest absolute Gasteiger partial charge is 0.375 e. The lowest BCUT2D eigenvalue weighted by atomic mass is 9.73. The summed E-state index contributed by atoms with van der Waals surface area (Å²) < 4.78 is 6.24. The van der Waals surface area contributed by atoms with Crippen molar-refractivity contribution in [1.82, 2.24) is 10.3 Å². The minimum atomic E-state index is 0.203. The van der Waals surface area contributed by atoms with Gasteiger partial charge < -0.3 is 10.1 Å². The van der Waals surface area contributed by atoms with Gasteiger partial charge in [-0.25, -0.2) is 4.98 Å². The number of hydrogen-bond acceptors (Lipinski definition) is 4. The first-order valence-corrected chi connectivity index (χ1v) is 9.31. The summed E-state index contributed by atoms with van der Waals surface area (Å²) in [6.45, 7) is 3.03. The molecule has 0 bridgehead atoms. The van der Waals surface area contributed by atoms with Crippen LogP contribution in [-0.4, -0.2) is 30.3 Å². The summed E-state index contributed by atoms with van der Waals surface area (Å²) in [5, 5.41) is 6.95. The minimum Gasteiger partial charge on any atom is -0.375 e. The number of hydrogen-bond donors (Lipinski definition) is 1. The molecular formula is C17H28N2OS. The van der Waals surface area contributed by atoms with Gasteiger partial charge in [-0.2, -0.15) is 0 Å². The van der Waals surface area contributed by atoms with E-state index in [0.29, 0.717) is 6.04 Å². The Balaban J connectivity index is 1.65. The van der Waals surface area contributed by atoms with E-state index in [2.05, 4.69) is 29.7 Å². The summed E-state index contributed by atoms with van der Waals surface area (Å²) in [7, 11) is 2.10. The lowest BCUT2D eigenvalue weighted by Gasteiger charge is -2.45. The monoisotopic (exact) mass is 308 g/mol. The fraction of sp³-hybridized carbons (Fsp3) is 0.824. The van der Waals surface area contributed by atoms with Crippen LogP contribution >= 0.6 is 11.3 Å². The van der Waals surface area contributed by atoms with E-state index in [1.54, 1.807) is 11.3 Å². The van der Waals surface area contributed by atoms with Gasteiger partial charge in [0.05, 0.1) is 16.3 Å². The molecule has 2 unspecified atom stereocenters. The van der Waals surface area contributed by atoms with Gasteiger partial charge in [0.15, 0.2) is 0 Å². The first kappa shape index (κ1) is 15.4. The van der Waals surface area contributed by atoms with Crippen LogP contribution in [0.1, 0.15) is 55.6 Å². The Kier molecular flexibility index (Phi) is 4.97. The maximum absolute atomic E-state index is 6.24. The van der Waals surface area contributed by atoms with Gasteiger partial charge in [0.1, 0.15) is 0 Å². The molecule has 0 aromatic carbocycles. The van der Waals surface area contributed by atoms with Gasteiger partial charge in [-0.1, -0.05) is 19.3 Å². The third-order valence-electron chi connectivity index (χ3n) is 5.33. The highest BCUT2D eigenvalue weighted by Gasteiger charge is 2.40. The van der Waals surface area contributed by atoms with Gasteiger partial charge >= 0.3 is 0 Å². The normalized spacial score (nSPS) is 26.9. The third kappa shape index (κ3) is 3.66. The molecule has 2 aliphatic rings. The summed E-state index contributed by atoms with van der Waals surface area (Å²) in [6.07, 6.45) is 10.1. The second-order valence-electron chi connectivity index (χ2n) is 6.80. The molecule has 2 heterocycles. The molecule has 1 saturated heterocycles. The number of rotatable bonds is 4. The zero-order valence-corrected chi connectivity index (χ0v) is 14.2. The number of likely N-dealkylation sites (N-methyl/N-ethyl adjacent to an activating group) is 1. The maximum Gasteiger partial charge on any atom is 0.0897 e. The van der Waals surface area contributed by atoms with E-state index in [1.165, 1.54) is 55.6 Å². The van der Waals surface area contributed by atoms with Gasteiger partial charge in [-0.15, -0.1) is 11.3 Å². The Morgan fingerprint density at radius 1 is 1.43 bits per heavy atom. The molecule has 1 aromatic rings. The van der Waals surface area contributed by atoms with Crippen molar-refractivity contribution in [2.45, 2.75) is 69.9 Å². The highest BCUT2D eigenvalue weighted by atomic mass is 32.1. The van der Waals surface area contributed by atoms with Crippen LogP contribution in [0.5, 0.6) is 0 Å². The van der Waals surface area contributed by atoms with Crippen LogP contribution in [0.25, 0.3) is 0 Å². The minimum absolute atomic E-state index is 0.203. The van der Waals surface area contributed by atoms with Crippen LogP contribution in [-0.2, 0) is 11.2 Å². The standard InChI is InChI=1S/C17H28N2OS/c1-13-19-15(12-21-13)10-16(18-2)14-6-9-20-17(11-14)7-4-3-5-8-17/h12,14,16,18H,3-11H2,1-2H3. The molecule has 0 radical (unpaired) electrons. The molecule has 3 nitrogen and oxygen atoms in total. The molecule has 2 fully saturated rings. The first-order chi connectivity index (χ1) is 10.2. The van der Waals surface area contributed by atoms with Crippen LogP contribution in [0.2, 0.25) is 0 Å². The molecule has 4 heteroatoms. The number of aryl methyl sites for hydroxylation is 1. The highest BCUT2D eigenvalue weighted by Crippen LogP contribution is 2.41. The lowest BCUT2D eigenvalue weighted by Crippen LogP contribution is -2.47. The van der Waals surface area contributed by atoms with Crippen LogP contribution in [0.15, 0.2) is 5.38 Å². The number of nitrogens with one attached hydrogen (secondary N) is 1. The van der Waals surface area contributed by atoms with Crippen molar-refractivity contribution >= 4 is 11.3 Å². The topological polar surface area (TPSA) is 34.2 Å². The molecule has 3 rings (SSSR count). The van der Waals surface area contributed by atoms with Crippen molar-refractivity contribution in [1.29, 1.82) is 0 Å². The second kappa shape index (κ2) is 6.76. The summed E-state index contributed by atoms with van der Waals surface area (Å²) in [5.41, 5.74) is 1.45. The molecule has 2 atom stereocenters. The number of nitrogens with zero attached hydrogens (tertiary/aromatic N) is 1. The molecule has 118 valence electrons. The zero-order chi connectivity index (χ0) is 14.7. The molecule has 21 heavy (non-hydrogen) atoms. The smallest absolute Gasteiger partial charge is 0.0897 e. The Morgan fingerprint density at radius 3 is 2.90 bits per heavy atom. The molecule has 1 N–H and O–H groups in total.